The fraction of sp³-hybridized carbons (Fsp3) is 0.348. The molecule has 1 aromatic heterocycles. The second kappa shape index (κ2) is 9.80. The van der Waals surface area contributed by atoms with Crippen molar-refractivity contribution >= 4 is 23.4 Å². The minimum Gasteiger partial charge on any atom is -0.497 e. The van der Waals surface area contributed by atoms with Crippen molar-refractivity contribution in [2.45, 2.75) is 44.6 Å². The Kier molecular flexibility index (Phi) is 7.15. The SMILES string of the molecule is COc1ccc(-c2nnc(S[C@H](C)C(=O)Nc3ccc(C)cc3)n2CC(C)C)cc1. The number of hydrogen-bond donors (Lipinski definition) is 1. The lowest BCUT2D eigenvalue weighted by Crippen LogP contribution is -2.23. The first-order chi connectivity index (χ1) is 14.4. The van der Waals surface area contributed by atoms with Crippen molar-refractivity contribution in [1.29, 1.82) is 0 Å². The third-order valence-corrected chi connectivity index (χ3v) is 5.66. The molecule has 6 nitrogen and oxygen atoms in total. The molecule has 0 aliphatic rings. The smallest absolute Gasteiger partial charge is 0.237 e. The molecular formula is C23H28N4O2S. The molecule has 0 aliphatic heterocycles. The van der Waals surface area contributed by atoms with Gasteiger partial charge >= 0.3 is 0 Å². The quantitative estimate of drug-likeness (QED) is 0.513. The van der Waals surface area contributed by atoms with Crippen LogP contribution in [0, 0.1) is 12.8 Å². The highest BCUT2D eigenvalue weighted by Crippen LogP contribution is 2.29. The molecule has 0 unspecified atom stereocenters. The first kappa shape index (κ1) is 21.9. The summed E-state index contributed by atoms with van der Waals surface area (Å²) < 4.78 is 7.34. The largest absolute Gasteiger partial charge is 0.497 e. The van der Waals surface area contributed by atoms with Gasteiger partial charge in [-0.15, -0.1) is 10.2 Å². The minimum atomic E-state index is -0.315. The Hall–Kier alpha value is -2.80. The molecule has 2 aromatic carbocycles. The molecule has 0 saturated carbocycles. The van der Waals surface area contributed by atoms with E-state index in [0.29, 0.717) is 5.92 Å². The van der Waals surface area contributed by atoms with E-state index in [2.05, 4.69) is 33.9 Å². The number of hydrogen-bond acceptors (Lipinski definition) is 5. The van der Waals surface area contributed by atoms with Gasteiger partial charge in [0.05, 0.1) is 12.4 Å². The lowest BCUT2D eigenvalue weighted by atomic mass is 10.2. The van der Waals surface area contributed by atoms with Crippen LogP contribution in [0.15, 0.2) is 53.7 Å². The number of nitrogens with one attached hydrogen (secondary N) is 1. The van der Waals surface area contributed by atoms with E-state index in [1.807, 2.05) is 62.4 Å². The molecule has 0 fully saturated rings. The number of methoxy groups -OCH3 is 1. The first-order valence-corrected chi connectivity index (χ1v) is 10.9. The van der Waals surface area contributed by atoms with Crippen LogP contribution >= 0.6 is 11.8 Å². The van der Waals surface area contributed by atoms with Gasteiger partial charge in [-0.25, -0.2) is 0 Å². The second-order valence-electron chi connectivity index (χ2n) is 7.65. The molecule has 0 spiro atoms. The molecule has 30 heavy (non-hydrogen) atoms. The Morgan fingerprint density at radius 3 is 2.33 bits per heavy atom. The van der Waals surface area contributed by atoms with Gasteiger partial charge in [-0.3, -0.25) is 4.79 Å². The number of carbonyl (C=O) groups excluding carboxylic acids is 1. The zero-order chi connectivity index (χ0) is 21.7. The van der Waals surface area contributed by atoms with Crippen LogP contribution in [0.5, 0.6) is 5.75 Å². The van der Waals surface area contributed by atoms with Crippen LogP contribution in [0.3, 0.4) is 0 Å². The molecule has 1 heterocycles. The maximum Gasteiger partial charge on any atom is 0.237 e. The average molecular weight is 425 g/mol. The van der Waals surface area contributed by atoms with Gasteiger partial charge in [0.1, 0.15) is 5.75 Å². The standard InChI is InChI=1S/C23H28N4O2S/c1-15(2)14-27-21(18-8-12-20(29-5)13-9-18)25-26-23(27)30-17(4)22(28)24-19-10-6-16(3)7-11-19/h6-13,15,17H,14H2,1-5H3,(H,24,28)/t17-/m1/s1. The number of aromatic nitrogens is 3. The van der Waals surface area contributed by atoms with Crippen molar-refractivity contribution in [2.75, 3.05) is 12.4 Å². The molecule has 7 heteroatoms. The zero-order valence-corrected chi connectivity index (χ0v) is 18.9. The number of benzene rings is 2. The summed E-state index contributed by atoms with van der Waals surface area (Å²) in [5, 5.41) is 12.2. The normalized spacial score (nSPS) is 12.1. The van der Waals surface area contributed by atoms with Gasteiger partial charge in [0.15, 0.2) is 11.0 Å². The van der Waals surface area contributed by atoms with E-state index in [1.54, 1.807) is 7.11 Å². The van der Waals surface area contributed by atoms with Crippen molar-refractivity contribution < 1.29 is 9.53 Å². The number of anilines is 1. The number of nitrogens with zero attached hydrogens (tertiary/aromatic N) is 3. The number of rotatable bonds is 8. The van der Waals surface area contributed by atoms with Crippen molar-refractivity contribution in [1.82, 2.24) is 14.8 Å². The van der Waals surface area contributed by atoms with Gasteiger partial charge < -0.3 is 14.6 Å². The predicted molar refractivity (Wildman–Crippen MR) is 122 cm³/mol. The summed E-state index contributed by atoms with van der Waals surface area (Å²) >= 11 is 1.42. The molecule has 3 rings (SSSR count). The maximum absolute atomic E-state index is 12.7. The summed E-state index contributed by atoms with van der Waals surface area (Å²) in [5.41, 5.74) is 2.91. The van der Waals surface area contributed by atoms with Crippen molar-refractivity contribution in [2.24, 2.45) is 5.92 Å². The van der Waals surface area contributed by atoms with E-state index in [4.69, 9.17) is 4.74 Å². The molecular weight excluding hydrogens is 396 g/mol. The van der Waals surface area contributed by atoms with Gasteiger partial charge in [0, 0.05) is 17.8 Å². The van der Waals surface area contributed by atoms with Crippen LogP contribution in [0.4, 0.5) is 5.69 Å². The van der Waals surface area contributed by atoms with Crippen molar-refractivity contribution in [3.63, 3.8) is 0 Å². The van der Waals surface area contributed by atoms with Crippen LogP contribution in [0.25, 0.3) is 11.4 Å². The van der Waals surface area contributed by atoms with E-state index in [1.165, 1.54) is 11.8 Å². The predicted octanol–water partition coefficient (Wildman–Crippen LogP) is 5.04. The van der Waals surface area contributed by atoms with E-state index < -0.39 is 0 Å². The number of carbonyl (C=O) groups is 1. The average Bonchev–Trinajstić information content (AvgIpc) is 3.11. The summed E-state index contributed by atoms with van der Waals surface area (Å²) in [6.45, 7) is 8.98. The molecule has 1 atom stereocenters. The number of ether oxygens (including phenoxy) is 1. The topological polar surface area (TPSA) is 69.0 Å². The monoisotopic (exact) mass is 424 g/mol. The van der Waals surface area contributed by atoms with E-state index in [9.17, 15) is 4.79 Å². The second-order valence-corrected chi connectivity index (χ2v) is 8.96. The molecule has 1 N–H and O–H groups in total. The van der Waals surface area contributed by atoms with E-state index in [-0.39, 0.29) is 11.2 Å². The number of amides is 1. The van der Waals surface area contributed by atoms with E-state index in [0.717, 1.165) is 40.1 Å². The summed E-state index contributed by atoms with van der Waals surface area (Å²) in [6, 6.07) is 15.6. The molecule has 0 radical (unpaired) electrons. The highest BCUT2D eigenvalue weighted by Gasteiger charge is 2.21. The van der Waals surface area contributed by atoms with Gasteiger partial charge in [-0.1, -0.05) is 43.3 Å². The van der Waals surface area contributed by atoms with Gasteiger partial charge in [0.25, 0.3) is 0 Å². The molecule has 158 valence electrons. The van der Waals surface area contributed by atoms with Gasteiger partial charge in [-0.05, 0) is 56.2 Å². The van der Waals surface area contributed by atoms with Crippen LogP contribution < -0.4 is 10.1 Å². The fourth-order valence-electron chi connectivity index (χ4n) is 2.95. The molecule has 0 saturated heterocycles. The number of aryl methyl sites for hydroxylation is 1. The fourth-order valence-corrected chi connectivity index (χ4v) is 3.81. The van der Waals surface area contributed by atoms with Gasteiger partial charge in [0.2, 0.25) is 5.91 Å². The summed E-state index contributed by atoms with van der Waals surface area (Å²) in [4.78, 5) is 12.7. The molecule has 3 aromatic rings. The van der Waals surface area contributed by atoms with Crippen LogP contribution in [-0.2, 0) is 11.3 Å². The summed E-state index contributed by atoms with van der Waals surface area (Å²) in [5.74, 6) is 1.94. The lowest BCUT2D eigenvalue weighted by molar-refractivity contribution is -0.115. The Morgan fingerprint density at radius 1 is 1.07 bits per heavy atom. The van der Waals surface area contributed by atoms with Crippen molar-refractivity contribution in [3.05, 3.63) is 54.1 Å². The highest BCUT2D eigenvalue weighted by molar-refractivity contribution is 8.00. The Bertz CT molecular complexity index is 981. The van der Waals surface area contributed by atoms with E-state index >= 15 is 0 Å². The zero-order valence-electron chi connectivity index (χ0n) is 18.0. The first-order valence-electron chi connectivity index (χ1n) is 9.99. The van der Waals surface area contributed by atoms with Crippen LogP contribution in [-0.4, -0.2) is 33.0 Å². The highest BCUT2D eigenvalue weighted by atomic mass is 32.2. The van der Waals surface area contributed by atoms with Crippen molar-refractivity contribution in [3.8, 4) is 17.1 Å². The van der Waals surface area contributed by atoms with Gasteiger partial charge in [-0.2, -0.15) is 0 Å². The minimum absolute atomic E-state index is 0.0612. The third-order valence-electron chi connectivity index (χ3n) is 4.58. The van der Waals surface area contributed by atoms with Crippen LogP contribution in [0.2, 0.25) is 0 Å². The third kappa shape index (κ3) is 5.42. The summed E-state index contributed by atoms with van der Waals surface area (Å²) in [7, 11) is 1.65. The number of thioether (sulfide) groups is 1. The van der Waals surface area contributed by atoms with Crippen LogP contribution in [0.1, 0.15) is 26.3 Å². The lowest BCUT2D eigenvalue weighted by Gasteiger charge is -2.15. The molecule has 0 aliphatic carbocycles. The molecule has 1 amide bonds. The Labute approximate surface area is 182 Å². The Morgan fingerprint density at radius 2 is 1.73 bits per heavy atom. The maximum atomic E-state index is 12.7. The summed E-state index contributed by atoms with van der Waals surface area (Å²) in [6.07, 6.45) is 0. The molecule has 0 bridgehead atoms. The Balaban J connectivity index is 1.79.